The van der Waals surface area contributed by atoms with Crippen molar-refractivity contribution in [3.05, 3.63) is 29.8 Å². The van der Waals surface area contributed by atoms with Gasteiger partial charge in [-0.25, -0.2) is 4.79 Å². The van der Waals surface area contributed by atoms with E-state index in [4.69, 9.17) is 5.73 Å². The van der Waals surface area contributed by atoms with Gasteiger partial charge in [-0.15, -0.1) is 0 Å². The molecule has 0 saturated heterocycles. The molecular weight excluding hydrogens is 238 g/mol. The summed E-state index contributed by atoms with van der Waals surface area (Å²) in [5.74, 6) is 0.677. The second-order valence-electron chi connectivity index (χ2n) is 5.33. The molecule has 0 aliphatic rings. The normalized spacial score (nSPS) is 12.3. The summed E-state index contributed by atoms with van der Waals surface area (Å²) in [7, 11) is 0. The van der Waals surface area contributed by atoms with Crippen LogP contribution in [0.15, 0.2) is 24.3 Å². The van der Waals surface area contributed by atoms with Crippen molar-refractivity contribution in [2.24, 2.45) is 11.7 Å². The molecular formula is C15H25N3O. The molecule has 2 amide bonds. The molecule has 4 N–H and O–H groups in total. The van der Waals surface area contributed by atoms with Crippen LogP contribution in [0.2, 0.25) is 0 Å². The third-order valence-electron chi connectivity index (χ3n) is 2.94. The van der Waals surface area contributed by atoms with Gasteiger partial charge in [0.1, 0.15) is 0 Å². The Morgan fingerprint density at radius 2 is 1.84 bits per heavy atom. The van der Waals surface area contributed by atoms with Crippen molar-refractivity contribution in [2.45, 2.75) is 39.7 Å². The Morgan fingerprint density at radius 3 is 2.37 bits per heavy atom. The van der Waals surface area contributed by atoms with Crippen LogP contribution in [0.4, 0.5) is 10.5 Å². The van der Waals surface area contributed by atoms with Crippen molar-refractivity contribution in [1.82, 2.24) is 5.32 Å². The fraction of sp³-hybridized carbons (Fsp3) is 0.533. The molecule has 1 aromatic carbocycles. The molecule has 4 nitrogen and oxygen atoms in total. The number of hydrogen-bond donors (Lipinski definition) is 3. The third kappa shape index (κ3) is 6.25. The maximum Gasteiger partial charge on any atom is 0.319 e. The van der Waals surface area contributed by atoms with E-state index in [1.807, 2.05) is 31.2 Å². The van der Waals surface area contributed by atoms with E-state index < -0.39 is 0 Å². The van der Waals surface area contributed by atoms with E-state index in [0.717, 1.165) is 24.1 Å². The Hall–Kier alpha value is -1.55. The number of carbonyl (C=O) groups excluding carboxylic acids is 1. The number of hydrogen-bond acceptors (Lipinski definition) is 2. The van der Waals surface area contributed by atoms with E-state index in [-0.39, 0.29) is 12.1 Å². The lowest BCUT2D eigenvalue weighted by Crippen LogP contribution is -2.29. The highest BCUT2D eigenvalue weighted by atomic mass is 16.2. The Morgan fingerprint density at radius 1 is 1.21 bits per heavy atom. The lowest BCUT2D eigenvalue weighted by molar-refractivity contribution is 0.251. The van der Waals surface area contributed by atoms with Gasteiger partial charge in [-0.2, -0.15) is 0 Å². The van der Waals surface area contributed by atoms with Crippen LogP contribution in [0.25, 0.3) is 0 Å². The molecule has 1 aromatic rings. The number of anilines is 1. The second kappa shape index (κ2) is 7.79. The highest BCUT2D eigenvalue weighted by molar-refractivity contribution is 5.89. The number of urea groups is 1. The summed E-state index contributed by atoms with van der Waals surface area (Å²) in [5.41, 5.74) is 7.61. The molecule has 19 heavy (non-hydrogen) atoms. The maximum atomic E-state index is 11.6. The first-order chi connectivity index (χ1) is 8.99. The fourth-order valence-corrected chi connectivity index (χ4v) is 1.76. The third-order valence-corrected chi connectivity index (χ3v) is 2.94. The van der Waals surface area contributed by atoms with E-state index in [1.54, 1.807) is 0 Å². The minimum atomic E-state index is -0.155. The van der Waals surface area contributed by atoms with Gasteiger partial charge in [-0.05, 0) is 43.4 Å². The molecule has 0 spiro atoms. The molecule has 4 heteroatoms. The highest BCUT2D eigenvalue weighted by Gasteiger charge is 2.03. The molecule has 0 radical (unpaired) electrons. The molecule has 0 fully saturated rings. The minimum Gasteiger partial charge on any atom is -0.338 e. The summed E-state index contributed by atoms with van der Waals surface area (Å²) >= 11 is 0. The van der Waals surface area contributed by atoms with Crippen molar-refractivity contribution in [3.63, 3.8) is 0 Å². The van der Waals surface area contributed by atoms with Gasteiger partial charge in [0.2, 0.25) is 0 Å². The van der Waals surface area contributed by atoms with Crippen LogP contribution >= 0.6 is 0 Å². The van der Waals surface area contributed by atoms with Gasteiger partial charge in [0.15, 0.2) is 0 Å². The lowest BCUT2D eigenvalue weighted by atomic mass is 10.1. The summed E-state index contributed by atoms with van der Waals surface area (Å²) in [6, 6.07) is 7.45. The first kappa shape index (κ1) is 15.5. The second-order valence-corrected chi connectivity index (χ2v) is 5.33. The van der Waals surface area contributed by atoms with Crippen LogP contribution in [-0.2, 0) is 0 Å². The first-order valence-electron chi connectivity index (χ1n) is 6.89. The smallest absolute Gasteiger partial charge is 0.319 e. The van der Waals surface area contributed by atoms with Crippen molar-refractivity contribution >= 4 is 11.7 Å². The van der Waals surface area contributed by atoms with Crippen LogP contribution < -0.4 is 16.4 Å². The van der Waals surface area contributed by atoms with Crippen LogP contribution in [0, 0.1) is 5.92 Å². The SMILES string of the molecule is CC(C)CCCNC(=O)Nc1ccc(C(C)N)cc1. The summed E-state index contributed by atoms with van der Waals surface area (Å²) < 4.78 is 0. The van der Waals surface area contributed by atoms with Gasteiger partial charge >= 0.3 is 6.03 Å². The monoisotopic (exact) mass is 263 g/mol. The molecule has 0 aliphatic heterocycles. The van der Waals surface area contributed by atoms with E-state index >= 15 is 0 Å². The van der Waals surface area contributed by atoms with Crippen LogP contribution in [0.3, 0.4) is 0 Å². The Bertz CT molecular complexity index is 385. The van der Waals surface area contributed by atoms with Gasteiger partial charge < -0.3 is 16.4 Å². The number of amides is 2. The fourth-order valence-electron chi connectivity index (χ4n) is 1.76. The van der Waals surface area contributed by atoms with Crippen LogP contribution in [0.5, 0.6) is 0 Å². The summed E-state index contributed by atoms with van der Waals surface area (Å²) in [4.78, 5) is 11.6. The van der Waals surface area contributed by atoms with Gasteiger partial charge in [-0.3, -0.25) is 0 Å². The molecule has 106 valence electrons. The van der Waals surface area contributed by atoms with E-state index in [2.05, 4.69) is 24.5 Å². The molecule has 0 heterocycles. The summed E-state index contributed by atoms with van der Waals surface area (Å²) in [5, 5.41) is 5.65. The number of carbonyl (C=O) groups is 1. The Labute approximate surface area is 115 Å². The standard InChI is InChI=1S/C15H25N3O/c1-11(2)5-4-10-17-15(19)18-14-8-6-13(7-9-14)12(3)16/h6-9,11-12H,4-5,10,16H2,1-3H3,(H2,17,18,19). The lowest BCUT2D eigenvalue weighted by Gasteiger charge is -2.10. The van der Waals surface area contributed by atoms with E-state index in [9.17, 15) is 4.79 Å². The van der Waals surface area contributed by atoms with Crippen molar-refractivity contribution < 1.29 is 4.79 Å². The molecule has 0 saturated carbocycles. The van der Waals surface area contributed by atoms with Gasteiger partial charge in [0.05, 0.1) is 0 Å². The maximum absolute atomic E-state index is 11.6. The van der Waals surface area contributed by atoms with Crippen LogP contribution in [0.1, 0.15) is 45.2 Å². The number of rotatable bonds is 6. The van der Waals surface area contributed by atoms with E-state index in [1.165, 1.54) is 0 Å². The zero-order valence-electron chi connectivity index (χ0n) is 12.1. The average Bonchev–Trinajstić information content (AvgIpc) is 2.35. The average molecular weight is 263 g/mol. The molecule has 0 bridgehead atoms. The van der Waals surface area contributed by atoms with Crippen molar-refractivity contribution in [1.29, 1.82) is 0 Å². The summed E-state index contributed by atoms with van der Waals surface area (Å²) in [6.45, 7) is 7.01. The van der Waals surface area contributed by atoms with Crippen molar-refractivity contribution in [3.8, 4) is 0 Å². The number of nitrogens with two attached hydrogens (primary N) is 1. The van der Waals surface area contributed by atoms with Crippen molar-refractivity contribution in [2.75, 3.05) is 11.9 Å². The molecule has 0 aliphatic carbocycles. The molecule has 1 atom stereocenters. The topological polar surface area (TPSA) is 67.2 Å². The zero-order chi connectivity index (χ0) is 14.3. The molecule has 1 unspecified atom stereocenters. The quantitative estimate of drug-likeness (QED) is 0.690. The predicted molar refractivity (Wildman–Crippen MR) is 80.1 cm³/mol. The van der Waals surface area contributed by atoms with Gasteiger partial charge in [-0.1, -0.05) is 26.0 Å². The highest BCUT2D eigenvalue weighted by Crippen LogP contribution is 2.13. The molecule has 1 rings (SSSR count). The number of nitrogens with one attached hydrogen (secondary N) is 2. The van der Waals surface area contributed by atoms with Crippen LogP contribution in [-0.4, -0.2) is 12.6 Å². The summed E-state index contributed by atoms with van der Waals surface area (Å²) in [6.07, 6.45) is 2.14. The minimum absolute atomic E-state index is 0.0129. The zero-order valence-corrected chi connectivity index (χ0v) is 12.1. The predicted octanol–water partition coefficient (Wildman–Crippen LogP) is 3.26. The molecule has 0 aromatic heterocycles. The largest absolute Gasteiger partial charge is 0.338 e. The van der Waals surface area contributed by atoms with Gasteiger partial charge in [0.25, 0.3) is 0 Å². The van der Waals surface area contributed by atoms with E-state index in [0.29, 0.717) is 12.5 Å². The Kier molecular flexibility index (Phi) is 6.36. The Balaban J connectivity index is 2.32. The van der Waals surface area contributed by atoms with Gasteiger partial charge in [0, 0.05) is 18.3 Å². The first-order valence-corrected chi connectivity index (χ1v) is 6.89. The number of benzene rings is 1.